The van der Waals surface area contributed by atoms with E-state index in [4.69, 9.17) is 0 Å². The van der Waals surface area contributed by atoms with Crippen molar-refractivity contribution in [2.24, 2.45) is 0 Å². The van der Waals surface area contributed by atoms with E-state index < -0.39 is 26.6 Å². The molecule has 1 aliphatic heterocycles. The number of piperazine rings is 1. The number of aromatic nitrogens is 3. The molecule has 1 saturated heterocycles. The summed E-state index contributed by atoms with van der Waals surface area (Å²) in [5.74, 6) is -1.29. The minimum atomic E-state index is -4.04. The molecule has 3 aromatic rings. The van der Waals surface area contributed by atoms with Crippen LogP contribution >= 0.6 is 0 Å². The van der Waals surface area contributed by atoms with Gasteiger partial charge in [-0.05, 0) is 36.4 Å². The van der Waals surface area contributed by atoms with Gasteiger partial charge in [-0.15, -0.1) is 10.2 Å². The van der Waals surface area contributed by atoms with E-state index in [1.165, 1.54) is 4.31 Å². The summed E-state index contributed by atoms with van der Waals surface area (Å²) in [6.45, 7) is 1.06. The standard InChI is InChI=1S/C19H17F2N5O2S/c20-14-4-6-18(15(21)13-14)29(27,28)26-11-9-25(10-12-26)19-7-5-17(23-24-19)16-3-1-2-8-22-16/h1-8,13H,9-12H2. The van der Waals surface area contributed by atoms with E-state index in [1.54, 1.807) is 12.3 Å². The van der Waals surface area contributed by atoms with Crippen LogP contribution in [-0.4, -0.2) is 54.1 Å². The van der Waals surface area contributed by atoms with Gasteiger partial charge in [0.25, 0.3) is 0 Å². The third kappa shape index (κ3) is 3.94. The number of rotatable bonds is 4. The van der Waals surface area contributed by atoms with Crippen LogP contribution < -0.4 is 4.90 Å². The van der Waals surface area contributed by atoms with Gasteiger partial charge < -0.3 is 4.90 Å². The van der Waals surface area contributed by atoms with Gasteiger partial charge in [0.15, 0.2) is 5.82 Å². The molecule has 0 aliphatic carbocycles. The number of hydrogen-bond acceptors (Lipinski definition) is 6. The Kier molecular flexibility index (Phi) is 5.20. The second kappa shape index (κ2) is 7.80. The van der Waals surface area contributed by atoms with Gasteiger partial charge in [-0.2, -0.15) is 4.31 Å². The van der Waals surface area contributed by atoms with Crippen molar-refractivity contribution in [3.05, 3.63) is 66.4 Å². The fourth-order valence-electron chi connectivity index (χ4n) is 3.13. The maximum absolute atomic E-state index is 13.9. The number of sulfonamides is 1. The first-order valence-corrected chi connectivity index (χ1v) is 10.3. The molecule has 0 unspecified atom stereocenters. The predicted octanol–water partition coefficient (Wildman–Crippen LogP) is 2.33. The first-order chi connectivity index (χ1) is 13.9. The van der Waals surface area contributed by atoms with Gasteiger partial charge in [0.05, 0.1) is 5.69 Å². The summed E-state index contributed by atoms with van der Waals surface area (Å²) >= 11 is 0. The second-order valence-electron chi connectivity index (χ2n) is 6.46. The van der Waals surface area contributed by atoms with Crippen LogP contribution in [0.5, 0.6) is 0 Å². The average Bonchev–Trinajstić information content (AvgIpc) is 2.74. The second-order valence-corrected chi connectivity index (χ2v) is 8.36. The summed E-state index contributed by atoms with van der Waals surface area (Å²) in [6.07, 6.45) is 1.68. The van der Waals surface area contributed by atoms with Crippen LogP contribution in [0.1, 0.15) is 0 Å². The predicted molar refractivity (Wildman–Crippen MR) is 103 cm³/mol. The van der Waals surface area contributed by atoms with E-state index in [0.717, 1.165) is 12.1 Å². The third-order valence-electron chi connectivity index (χ3n) is 4.65. The summed E-state index contributed by atoms with van der Waals surface area (Å²) in [6, 6.07) is 11.6. The molecule has 0 spiro atoms. The number of hydrogen-bond donors (Lipinski definition) is 0. The van der Waals surface area contributed by atoms with Gasteiger partial charge >= 0.3 is 0 Å². The van der Waals surface area contributed by atoms with E-state index in [9.17, 15) is 17.2 Å². The number of nitrogens with zero attached hydrogens (tertiary/aromatic N) is 5. The highest BCUT2D eigenvalue weighted by Gasteiger charge is 2.31. The first-order valence-electron chi connectivity index (χ1n) is 8.90. The molecule has 1 aromatic carbocycles. The van der Waals surface area contributed by atoms with Gasteiger partial charge in [-0.1, -0.05) is 6.07 Å². The van der Waals surface area contributed by atoms with Crippen LogP contribution in [0, 0.1) is 11.6 Å². The van der Waals surface area contributed by atoms with Crippen LogP contribution in [0.2, 0.25) is 0 Å². The molecule has 0 N–H and O–H groups in total. The third-order valence-corrected chi connectivity index (χ3v) is 6.58. The lowest BCUT2D eigenvalue weighted by Crippen LogP contribution is -2.49. The van der Waals surface area contributed by atoms with Crippen molar-refractivity contribution < 1.29 is 17.2 Å². The molecular formula is C19H17F2N5O2S. The number of pyridine rings is 1. The largest absolute Gasteiger partial charge is 0.352 e. The Bertz CT molecular complexity index is 1100. The molecule has 7 nitrogen and oxygen atoms in total. The van der Waals surface area contributed by atoms with Crippen LogP contribution in [-0.2, 0) is 10.0 Å². The molecule has 0 atom stereocenters. The van der Waals surface area contributed by atoms with Crippen LogP contribution in [0.15, 0.2) is 59.6 Å². The highest BCUT2D eigenvalue weighted by molar-refractivity contribution is 7.89. The zero-order valence-electron chi connectivity index (χ0n) is 15.2. The Morgan fingerprint density at radius 2 is 1.66 bits per heavy atom. The fraction of sp³-hybridized carbons (Fsp3) is 0.211. The highest BCUT2D eigenvalue weighted by atomic mass is 32.2. The van der Waals surface area contributed by atoms with E-state index in [2.05, 4.69) is 15.2 Å². The van der Waals surface area contributed by atoms with Crippen molar-refractivity contribution in [2.75, 3.05) is 31.1 Å². The maximum atomic E-state index is 13.9. The summed E-state index contributed by atoms with van der Waals surface area (Å²) in [7, 11) is -4.04. The summed E-state index contributed by atoms with van der Waals surface area (Å²) < 4.78 is 53.6. The molecule has 0 radical (unpaired) electrons. The van der Waals surface area contributed by atoms with Gasteiger partial charge in [0.1, 0.15) is 22.2 Å². The molecule has 0 saturated carbocycles. The van der Waals surface area contributed by atoms with Crippen LogP contribution in [0.4, 0.5) is 14.6 Å². The SMILES string of the molecule is O=S(=O)(c1ccc(F)cc1F)N1CCN(c2ccc(-c3ccccn3)nn2)CC1. The molecule has 1 fully saturated rings. The Morgan fingerprint density at radius 3 is 2.28 bits per heavy atom. The van der Waals surface area contributed by atoms with Crippen molar-refractivity contribution in [1.82, 2.24) is 19.5 Å². The van der Waals surface area contributed by atoms with E-state index in [0.29, 0.717) is 36.4 Å². The quantitative estimate of drug-likeness (QED) is 0.648. The van der Waals surface area contributed by atoms with E-state index >= 15 is 0 Å². The molecule has 0 bridgehead atoms. The normalized spacial score (nSPS) is 15.4. The highest BCUT2D eigenvalue weighted by Crippen LogP contribution is 2.23. The molecule has 2 aromatic heterocycles. The lowest BCUT2D eigenvalue weighted by Gasteiger charge is -2.34. The molecule has 150 valence electrons. The number of anilines is 1. The van der Waals surface area contributed by atoms with Gasteiger partial charge in [-0.3, -0.25) is 4.98 Å². The molecular weight excluding hydrogens is 400 g/mol. The first kappa shape index (κ1) is 19.3. The lowest BCUT2D eigenvalue weighted by molar-refractivity contribution is 0.381. The zero-order chi connectivity index (χ0) is 20.4. The van der Waals surface area contributed by atoms with Crippen molar-refractivity contribution in [1.29, 1.82) is 0 Å². The Morgan fingerprint density at radius 1 is 0.862 bits per heavy atom. The van der Waals surface area contributed by atoms with Gasteiger partial charge in [-0.25, -0.2) is 17.2 Å². The van der Waals surface area contributed by atoms with Gasteiger partial charge in [0, 0.05) is 38.4 Å². The summed E-state index contributed by atoms with van der Waals surface area (Å²) in [4.78, 5) is 5.61. The molecule has 29 heavy (non-hydrogen) atoms. The summed E-state index contributed by atoms with van der Waals surface area (Å²) in [5, 5.41) is 8.40. The van der Waals surface area contributed by atoms with Crippen molar-refractivity contribution >= 4 is 15.8 Å². The molecule has 1 aliphatic rings. The lowest BCUT2D eigenvalue weighted by atomic mass is 10.2. The van der Waals surface area contributed by atoms with E-state index in [1.807, 2.05) is 29.2 Å². The average molecular weight is 417 g/mol. The van der Waals surface area contributed by atoms with Crippen LogP contribution in [0.3, 0.4) is 0 Å². The number of benzene rings is 1. The Labute approximate surface area is 166 Å². The molecule has 3 heterocycles. The van der Waals surface area contributed by atoms with Gasteiger partial charge in [0.2, 0.25) is 10.0 Å². The minimum Gasteiger partial charge on any atom is -0.352 e. The van der Waals surface area contributed by atoms with Crippen molar-refractivity contribution in [2.45, 2.75) is 4.90 Å². The fourth-order valence-corrected chi connectivity index (χ4v) is 4.59. The Hall–Kier alpha value is -2.98. The topological polar surface area (TPSA) is 79.3 Å². The smallest absolute Gasteiger partial charge is 0.246 e. The van der Waals surface area contributed by atoms with Crippen molar-refractivity contribution in [3.63, 3.8) is 0 Å². The molecule has 10 heteroatoms. The minimum absolute atomic E-state index is 0.156. The molecule has 4 rings (SSSR count). The molecule has 0 amide bonds. The number of halogens is 2. The maximum Gasteiger partial charge on any atom is 0.246 e. The van der Waals surface area contributed by atoms with Crippen molar-refractivity contribution in [3.8, 4) is 11.4 Å². The zero-order valence-corrected chi connectivity index (χ0v) is 16.1. The van der Waals surface area contributed by atoms with Crippen LogP contribution in [0.25, 0.3) is 11.4 Å². The van der Waals surface area contributed by atoms with E-state index in [-0.39, 0.29) is 13.1 Å². The summed E-state index contributed by atoms with van der Waals surface area (Å²) in [5.41, 5.74) is 1.35. The Balaban J connectivity index is 1.45. The monoisotopic (exact) mass is 417 g/mol.